The second-order valence-electron chi connectivity index (χ2n) is 5.21. The van der Waals surface area contributed by atoms with E-state index >= 15 is 0 Å². The monoisotopic (exact) mass is 313 g/mol. The number of benzene rings is 2. The zero-order chi connectivity index (χ0) is 15.9. The molecular weight excluding hydrogens is 294 g/mol. The van der Waals surface area contributed by atoms with Crippen molar-refractivity contribution in [2.45, 2.75) is 26.3 Å². The van der Waals surface area contributed by atoms with E-state index in [1.165, 1.54) is 5.56 Å². The first-order valence-corrected chi connectivity index (χ1v) is 7.79. The Hall–Kier alpha value is -2.06. The lowest BCUT2D eigenvalue weighted by atomic mass is 10.0. The normalized spacial score (nSPS) is 12.3. The molecule has 0 radical (unpaired) electrons. The van der Waals surface area contributed by atoms with E-state index in [1.54, 1.807) is 24.3 Å². The number of aryl methyl sites for hydroxylation is 1. The number of halogens is 1. The van der Waals surface area contributed by atoms with Gasteiger partial charge in [-0.1, -0.05) is 54.9 Å². The maximum absolute atomic E-state index is 12.0. The first-order chi connectivity index (χ1) is 10.6. The van der Waals surface area contributed by atoms with E-state index in [0.717, 1.165) is 17.5 Å². The molecule has 0 aromatic heterocycles. The van der Waals surface area contributed by atoms with Gasteiger partial charge < -0.3 is 5.32 Å². The highest BCUT2D eigenvalue weighted by Crippen LogP contribution is 2.14. The first kappa shape index (κ1) is 16.3. The van der Waals surface area contributed by atoms with Gasteiger partial charge >= 0.3 is 0 Å². The third kappa shape index (κ3) is 4.74. The molecule has 2 aromatic rings. The average molecular weight is 314 g/mol. The van der Waals surface area contributed by atoms with Crippen LogP contribution in [0.1, 0.15) is 36.6 Å². The van der Waals surface area contributed by atoms with Crippen molar-refractivity contribution < 1.29 is 4.79 Å². The summed E-state index contributed by atoms with van der Waals surface area (Å²) in [5.41, 5.74) is 3.34. The SMILES string of the molecule is CCc1ccc(C(C)NC(=O)/C=C/c2ccc(Cl)cc2)cc1. The molecule has 0 aliphatic heterocycles. The summed E-state index contributed by atoms with van der Waals surface area (Å²) in [6, 6.07) is 15.7. The van der Waals surface area contributed by atoms with Crippen molar-refractivity contribution >= 4 is 23.6 Å². The average Bonchev–Trinajstić information content (AvgIpc) is 2.54. The third-order valence-electron chi connectivity index (χ3n) is 3.54. The molecule has 1 atom stereocenters. The van der Waals surface area contributed by atoms with Crippen molar-refractivity contribution in [3.05, 3.63) is 76.3 Å². The molecule has 2 aromatic carbocycles. The van der Waals surface area contributed by atoms with Crippen LogP contribution < -0.4 is 5.32 Å². The molecule has 0 spiro atoms. The van der Waals surface area contributed by atoms with E-state index in [2.05, 4.69) is 36.5 Å². The van der Waals surface area contributed by atoms with Gasteiger partial charge in [-0.15, -0.1) is 0 Å². The number of hydrogen-bond acceptors (Lipinski definition) is 1. The van der Waals surface area contributed by atoms with Crippen molar-refractivity contribution in [1.29, 1.82) is 0 Å². The van der Waals surface area contributed by atoms with E-state index in [9.17, 15) is 4.79 Å². The highest BCUT2D eigenvalue weighted by molar-refractivity contribution is 6.30. The van der Waals surface area contributed by atoms with Gasteiger partial charge in [0.25, 0.3) is 0 Å². The molecule has 0 fully saturated rings. The molecule has 22 heavy (non-hydrogen) atoms. The summed E-state index contributed by atoms with van der Waals surface area (Å²) in [6.45, 7) is 4.11. The molecule has 0 aliphatic rings. The fourth-order valence-corrected chi connectivity index (χ4v) is 2.26. The molecule has 0 heterocycles. The third-order valence-corrected chi connectivity index (χ3v) is 3.80. The van der Waals surface area contributed by atoms with Gasteiger partial charge in [-0.3, -0.25) is 4.79 Å². The van der Waals surface area contributed by atoms with Crippen LogP contribution in [0.15, 0.2) is 54.6 Å². The Morgan fingerprint density at radius 3 is 2.36 bits per heavy atom. The highest BCUT2D eigenvalue weighted by Gasteiger charge is 2.07. The molecule has 2 rings (SSSR count). The van der Waals surface area contributed by atoms with Crippen molar-refractivity contribution in [2.24, 2.45) is 0 Å². The highest BCUT2D eigenvalue weighted by atomic mass is 35.5. The van der Waals surface area contributed by atoms with Crippen LogP contribution in [0.5, 0.6) is 0 Å². The number of nitrogens with one attached hydrogen (secondary N) is 1. The van der Waals surface area contributed by atoms with E-state index in [4.69, 9.17) is 11.6 Å². The standard InChI is InChI=1S/C19H20ClNO/c1-3-15-4-9-17(10-5-15)14(2)21-19(22)13-8-16-6-11-18(20)12-7-16/h4-14H,3H2,1-2H3,(H,21,22)/b13-8+. The van der Waals surface area contributed by atoms with Gasteiger partial charge in [0.15, 0.2) is 0 Å². The van der Waals surface area contributed by atoms with Gasteiger partial charge in [-0.25, -0.2) is 0 Å². The number of carbonyl (C=O) groups is 1. The summed E-state index contributed by atoms with van der Waals surface area (Å²) in [4.78, 5) is 12.0. The number of rotatable bonds is 5. The lowest BCUT2D eigenvalue weighted by Crippen LogP contribution is -2.24. The largest absolute Gasteiger partial charge is 0.346 e. The minimum atomic E-state index is -0.109. The fraction of sp³-hybridized carbons (Fsp3) is 0.211. The lowest BCUT2D eigenvalue weighted by Gasteiger charge is -2.13. The molecule has 3 heteroatoms. The number of amides is 1. The van der Waals surface area contributed by atoms with Crippen molar-refractivity contribution in [3.8, 4) is 0 Å². The van der Waals surface area contributed by atoms with Crippen molar-refractivity contribution in [2.75, 3.05) is 0 Å². The smallest absolute Gasteiger partial charge is 0.244 e. The number of hydrogen-bond donors (Lipinski definition) is 1. The van der Waals surface area contributed by atoms with E-state index in [0.29, 0.717) is 5.02 Å². The Balaban J connectivity index is 1.94. The molecule has 0 saturated carbocycles. The van der Waals surface area contributed by atoms with Crippen molar-refractivity contribution in [3.63, 3.8) is 0 Å². The fourth-order valence-electron chi connectivity index (χ4n) is 2.13. The van der Waals surface area contributed by atoms with Gasteiger partial charge in [0.1, 0.15) is 0 Å². The van der Waals surface area contributed by atoms with Gasteiger partial charge in [0.2, 0.25) is 5.91 Å². The topological polar surface area (TPSA) is 29.1 Å². The molecular formula is C19H20ClNO. The minimum absolute atomic E-state index is 0.0201. The van der Waals surface area contributed by atoms with Crippen LogP contribution in [0, 0.1) is 0 Å². The molecule has 114 valence electrons. The second kappa shape index (κ2) is 7.81. The van der Waals surface area contributed by atoms with Gasteiger partial charge in [-0.05, 0) is 48.2 Å². The summed E-state index contributed by atoms with van der Waals surface area (Å²) in [6.07, 6.45) is 4.34. The molecule has 0 saturated heterocycles. The Labute approximate surface area is 136 Å². The van der Waals surface area contributed by atoms with E-state index in [1.807, 2.05) is 19.1 Å². The molecule has 1 unspecified atom stereocenters. The zero-order valence-corrected chi connectivity index (χ0v) is 13.6. The summed E-state index contributed by atoms with van der Waals surface area (Å²) >= 11 is 5.83. The lowest BCUT2D eigenvalue weighted by molar-refractivity contribution is -0.117. The summed E-state index contributed by atoms with van der Waals surface area (Å²) in [7, 11) is 0. The molecule has 2 nitrogen and oxygen atoms in total. The van der Waals surface area contributed by atoms with Crippen LogP contribution in [0.4, 0.5) is 0 Å². The van der Waals surface area contributed by atoms with Crippen LogP contribution in [-0.2, 0) is 11.2 Å². The maximum Gasteiger partial charge on any atom is 0.244 e. The minimum Gasteiger partial charge on any atom is -0.346 e. The van der Waals surface area contributed by atoms with Gasteiger partial charge in [0, 0.05) is 11.1 Å². The van der Waals surface area contributed by atoms with Crippen LogP contribution in [0.2, 0.25) is 5.02 Å². The van der Waals surface area contributed by atoms with E-state index < -0.39 is 0 Å². The quantitative estimate of drug-likeness (QED) is 0.790. The number of carbonyl (C=O) groups excluding carboxylic acids is 1. The van der Waals surface area contributed by atoms with Gasteiger partial charge in [-0.2, -0.15) is 0 Å². The van der Waals surface area contributed by atoms with Gasteiger partial charge in [0.05, 0.1) is 6.04 Å². The van der Waals surface area contributed by atoms with Crippen LogP contribution >= 0.6 is 11.6 Å². The predicted octanol–water partition coefficient (Wildman–Crippen LogP) is 4.79. The maximum atomic E-state index is 12.0. The molecule has 0 bridgehead atoms. The zero-order valence-electron chi connectivity index (χ0n) is 12.8. The summed E-state index contributed by atoms with van der Waals surface area (Å²) < 4.78 is 0. The Bertz CT molecular complexity index is 644. The Morgan fingerprint density at radius 2 is 1.77 bits per heavy atom. The first-order valence-electron chi connectivity index (χ1n) is 7.41. The van der Waals surface area contributed by atoms with Crippen LogP contribution in [-0.4, -0.2) is 5.91 Å². The summed E-state index contributed by atoms with van der Waals surface area (Å²) in [5, 5.41) is 3.65. The van der Waals surface area contributed by atoms with Crippen molar-refractivity contribution in [1.82, 2.24) is 5.32 Å². The Morgan fingerprint density at radius 1 is 1.14 bits per heavy atom. The van der Waals surface area contributed by atoms with Crippen LogP contribution in [0.3, 0.4) is 0 Å². The molecule has 1 N–H and O–H groups in total. The second-order valence-corrected chi connectivity index (χ2v) is 5.65. The van der Waals surface area contributed by atoms with E-state index in [-0.39, 0.29) is 11.9 Å². The molecule has 1 amide bonds. The van der Waals surface area contributed by atoms with Crippen LogP contribution in [0.25, 0.3) is 6.08 Å². The predicted molar refractivity (Wildman–Crippen MR) is 92.9 cm³/mol. The Kier molecular flexibility index (Phi) is 5.79. The molecule has 0 aliphatic carbocycles. The summed E-state index contributed by atoms with van der Waals surface area (Å²) in [5.74, 6) is -0.109.